The van der Waals surface area contributed by atoms with Crippen molar-refractivity contribution < 1.29 is 8.78 Å². The molecule has 2 unspecified atom stereocenters. The molecule has 0 amide bonds. The van der Waals surface area contributed by atoms with Gasteiger partial charge in [-0.25, -0.2) is 13.8 Å². The van der Waals surface area contributed by atoms with E-state index in [0.29, 0.717) is 12.0 Å². The second-order valence-electron chi connectivity index (χ2n) is 15.2. The van der Waals surface area contributed by atoms with Gasteiger partial charge in [-0.3, -0.25) is 9.67 Å². The summed E-state index contributed by atoms with van der Waals surface area (Å²) in [5, 5.41) is 8.18. The number of anilines is 1. The van der Waals surface area contributed by atoms with Crippen LogP contribution in [0.5, 0.6) is 0 Å². The van der Waals surface area contributed by atoms with Gasteiger partial charge >= 0.3 is 0 Å². The van der Waals surface area contributed by atoms with Gasteiger partial charge in [-0.1, -0.05) is 38.5 Å². The molecule has 0 saturated carbocycles. The molecule has 5 heterocycles. The van der Waals surface area contributed by atoms with Crippen molar-refractivity contribution in [3.8, 4) is 11.3 Å². The Morgan fingerprint density at radius 3 is 2.62 bits per heavy atom. The van der Waals surface area contributed by atoms with Crippen molar-refractivity contribution in [3.05, 3.63) is 113 Å². The maximum absolute atomic E-state index is 13.9. The highest BCUT2D eigenvalue weighted by atomic mass is 19.1. The predicted octanol–water partition coefficient (Wildman–Crippen LogP) is 8.52. The van der Waals surface area contributed by atoms with E-state index in [1.165, 1.54) is 23.4 Å². The van der Waals surface area contributed by atoms with Gasteiger partial charge in [-0.15, -0.1) is 0 Å². The van der Waals surface area contributed by atoms with Crippen LogP contribution in [0.1, 0.15) is 79.9 Å². The number of piperidine rings is 1. The Bertz CT molecular complexity index is 2120. The lowest BCUT2D eigenvalue weighted by atomic mass is 9.68. The van der Waals surface area contributed by atoms with Gasteiger partial charge in [-0.2, -0.15) is 5.10 Å². The summed E-state index contributed by atoms with van der Waals surface area (Å²) in [4.78, 5) is 12.4. The van der Waals surface area contributed by atoms with Gasteiger partial charge in [0.15, 0.2) is 0 Å². The second kappa shape index (κ2) is 14.7. The second-order valence-corrected chi connectivity index (χ2v) is 15.2. The molecule has 272 valence electrons. The van der Waals surface area contributed by atoms with E-state index in [9.17, 15) is 8.78 Å². The molecule has 10 heteroatoms. The fourth-order valence-electron chi connectivity index (χ4n) is 8.51. The highest BCUT2D eigenvalue weighted by molar-refractivity contribution is 5.83. The van der Waals surface area contributed by atoms with E-state index in [1.54, 1.807) is 0 Å². The van der Waals surface area contributed by atoms with Gasteiger partial charge < -0.3 is 20.5 Å². The molecule has 1 saturated heterocycles. The number of aryl methyl sites for hydroxylation is 3. The van der Waals surface area contributed by atoms with Crippen molar-refractivity contribution in [2.75, 3.05) is 25.0 Å². The van der Waals surface area contributed by atoms with Crippen LogP contribution < -0.4 is 11.1 Å². The molecule has 2 aliphatic rings. The van der Waals surface area contributed by atoms with Gasteiger partial charge in [0, 0.05) is 72.1 Å². The van der Waals surface area contributed by atoms with Crippen molar-refractivity contribution >= 4 is 22.7 Å². The molecule has 0 aliphatic carbocycles. The summed E-state index contributed by atoms with van der Waals surface area (Å²) in [6, 6.07) is 14.7. The highest BCUT2D eigenvalue weighted by Crippen LogP contribution is 2.45. The number of hydrogen-bond acceptors (Lipinski definition) is 6. The van der Waals surface area contributed by atoms with Crippen LogP contribution in [0.3, 0.4) is 0 Å². The Kier molecular flexibility index (Phi) is 10.0. The fraction of sp³-hybridized carbons (Fsp3) is 0.405. The number of nitrogens with zero attached hydrogens (tertiary/aromatic N) is 6. The third-order valence-corrected chi connectivity index (χ3v) is 10.9. The average Bonchev–Trinajstić information content (AvgIpc) is 3.62. The molecule has 2 atom stereocenters. The number of imidazole rings is 1. The minimum atomic E-state index is -0.535. The van der Waals surface area contributed by atoms with Gasteiger partial charge in [0.05, 0.1) is 22.9 Å². The van der Waals surface area contributed by atoms with Crippen LogP contribution in [0.25, 0.3) is 28.0 Å². The lowest BCUT2D eigenvalue weighted by molar-refractivity contribution is 0.115. The minimum Gasteiger partial charge on any atom is -0.403 e. The summed E-state index contributed by atoms with van der Waals surface area (Å²) in [7, 11) is 2.01. The monoisotopic (exact) mass is 704 g/mol. The molecular weight excluding hydrogens is 655 g/mol. The van der Waals surface area contributed by atoms with Crippen LogP contribution in [-0.2, 0) is 26.4 Å². The molecule has 0 spiro atoms. The SMILES string of the molecule is C=C1Nc2nc3ccc(C4CCN(CCc5cc(F)cc(F)c5)CC4(C)/C=C(/C)N)cc3n2CCCCCCc2c(cnn2C)-c2cc1cc(C)n2. The molecule has 2 aromatic carbocycles. The number of nitrogens with one attached hydrogen (secondary N) is 1. The van der Waals surface area contributed by atoms with Gasteiger partial charge in [0.25, 0.3) is 0 Å². The van der Waals surface area contributed by atoms with Crippen LogP contribution in [0.15, 0.2) is 73.1 Å². The molecule has 2 bridgehead atoms. The zero-order valence-electron chi connectivity index (χ0n) is 30.9. The fourth-order valence-corrected chi connectivity index (χ4v) is 8.51. The Morgan fingerprint density at radius 2 is 1.83 bits per heavy atom. The third-order valence-electron chi connectivity index (χ3n) is 10.9. The topological polar surface area (TPSA) is 89.8 Å². The average molecular weight is 705 g/mol. The molecule has 0 radical (unpaired) electrons. The van der Waals surface area contributed by atoms with E-state index in [0.717, 1.165) is 122 Å². The van der Waals surface area contributed by atoms with Crippen LogP contribution in [0.4, 0.5) is 14.7 Å². The van der Waals surface area contributed by atoms with Crippen molar-refractivity contribution in [1.29, 1.82) is 0 Å². The number of aromatic nitrogens is 5. The molecule has 3 N–H and O–H groups in total. The number of benzene rings is 2. The molecule has 7 rings (SSSR count). The van der Waals surface area contributed by atoms with Crippen LogP contribution in [0, 0.1) is 24.0 Å². The largest absolute Gasteiger partial charge is 0.403 e. The Labute approximate surface area is 305 Å². The summed E-state index contributed by atoms with van der Waals surface area (Å²) >= 11 is 0. The zero-order chi connectivity index (χ0) is 36.6. The van der Waals surface area contributed by atoms with E-state index >= 15 is 0 Å². The van der Waals surface area contributed by atoms with E-state index in [-0.39, 0.29) is 11.3 Å². The van der Waals surface area contributed by atoms with Crippen LogP contribution in [0.2, 0.25) is 0 Å². The predicted molar refractivity (Wildman–Crippen MR) is 206 cm³/mol. The molecule has 52 heavy (non-hydrogen) atoms. The lowest BCUT2D eigenvalue weighted by Gasteiger charge is -2.45. The molecular formula is C42H50F2N8. The summed E-state index contributed by atoms with van der Waals surface area (Å²) in [5.41, 5.74) is 16.8. The van der Waals surface area contributed by atoms with E-state index in [1.807, 2.05) is 31.8 Å². The number of nitrogens with two attached hydrogens (primary N) is 1. The van der Waals surface area contributed by atoms with Crippen molar-refractivity contribution in [1.82, 2.24) is 29.2 Å². The number of halogens is 2. The Hall–Kier alpha value is -4.83. The number of fused-ring (bicyclic) bond motifs is 7. The first-order chi connectivity index (χ1) is 25.0. The summed E-state index contributed by atoms with van der Waals surface area (Å²) in [6.45, 7) is 13.9. The highest BCUT2D eigenvalue weighted by Gasteiger charge is 2.39. The maximum Gasteiger partial charge on any atom is 0.208 e. The van der Waals surface area contributed by atoms with Crippen molar-refractivity contribution in [3.63, 3.8) is 0 Å². The van der Waals surface area contributed by atoms with Crippen molar-refractivity contribution in [2.45, 2.75) is 78.2 Å². The number of hydrogen-bond donors (Lipinski definition) is 2. The standard InChI is InChI=1S/C42H50F2N8/c1-27(45)24-42(4)26-51(16-13-30-19-33(43)23-34(44)20-30)17-14-36(42)31-11-12-37-40(22-31)52-15-9-7-6-8-10-39-35(25-46-50(39)5)38-21-32(18-28(2)47-38)29(3)48-41(52)49-37/h11-12,18-25,36H,3,6-10,13-17,26,45H2,1-2,4-5H3,(H,48,49)/b27-24-. The number of likely N-dealkylation sites (tertiary alicyclic amines) is 1. The summed E-state index contributed by atoms with van der Waals surface area (Å²) < 4.78 is 32.1. The van der Waals surface area contributed by atoms with Crippen molar-refractivity contribution in [2.24, 2.45) is 18.2 Å². The molecule has 2 aliphatic heterocycles. The smallest absolute Gasteiger partial charge is 0.208 e. The normalized spacial score (nSPS) is 20.5. The first-order valence-electron chi connectivity index (χ1n) is 18.5. The zero-order valence-corrected chi connectivity index (χ0v) is 30.9. The third kappa shape index (κ3) is 7.53. The number of rotatable bonds is 5. The molecule has 1 fully saturated rings. The van der Waals surface area contributed by atoms with Gasteiger partial charge in [0.1, 0.15) is 11.6 Å². The summed E-state index contributed by atoms with van der Waals surface area (Å²) in [5.74, 6) is -0.0573. The quantitative estimate of drug-likeness (QED) is 0.191. The van der Waals surface area contributed by atoms with Crippen LogP contribution >= 0.6 is 0 Å². The maximum atomic E-state index is 13.9. The Morgan fingerprint density at radius 1 is 1.04 bits per heavy atom. The summed E-state index contributed by atoms with van der Waals surface area (Å²) in [6.07, 6.45) is 11.0. The minimum absolute atomic E-state index is 0.226. The first-order valence-corrected chi connectivity index (χ1v) is 18.5. The van der Waals surface area contributed by atoms with E-state index in [4.69, 9.17) is 15.7 Å². The molecule has 3 aromatic heterocycles. The molecule has 8 nitrogen and oxygen atoms in total. The van der Waals surface area contributed by atoms with E-state index < -0.39 is 11.6 Å². The van der Waals surface area contributed by atoms with Crippen LogP contribution in [-0.4, -0.2) is 48.8 Å². The molecule has 5 aromatic rings. The number of pyridine rings is 1. The number of allylic oxidation sites excluding steroid dienone is 1. The van der Waals surface area contributed by atoms with Gasteiger partial charge in [0.2, 0.25) is 5.95 Å². The van der Waals surface area contributed by atoms with Gasteiger partial charge in [-0.05, 0) is 106 Å². The lowest BCUT2D eigenvalue weighted by Crippen LogP contribution is -2.46. The van der Waals surface area contributed by atoms with E-state index in [2.05, 4.69) is 69.8 Å². The first kappa shape index (κ1) is 35.6. The Balaban J connectivity index is 1.19.